The molecule has 0 aliphatic carbocycles. The van der Waals surface area contributed by atoms with Crippen LogP contribution in [0.2, 0.25) is 0 Å². The Kier molecular flexibility index (Phi) is 7.25. The maximum absolute atomic E-state index is 13.7. The maximum Gasteiger partial charge on any atom is 0.246 e. The van der Waals surface area contributed by atoms with Crippen LogP contribution in [-0.2, 0) is 14.8 Å². The summed E-state index contributed by atoms with van der Waals surface area (Å²) in [6, 6.07) is 7.53. The molecule has 1 saturated heterocycles. The van der Waals surface area contributed by atoms with E-state index >= 15 is 0 Å². The predicted molar refractivity (Wildman–Crippen MR) is 122 cm³/mol. The molecule has 0 spiro atoms. The molecule has 1 atom stereocenters. The smallest absolute Gasteiger partial charge is 0.246 e. The van der Waals surface area contributed by atoms with Gasteiger partial charge >= 0.3 is 0 Å². The zero-order valence-corrected chi connectivity index (χ0v) is 20.1. The van der Waals surface area contributed by atoms with E-state index in [1.807, 2.05) is 13.8 Å². The fourth-order valence-corrected chi connectivity index (χ4v) is 5.84. The van der Waals surface area contributed by atoms with Gasteiger partial charge in [-0.25, -0.2) is 12.8 Å². The number of hydrogen-bond donors (Lipinski definition) is 1. The normalized spacial score (nSPS) is 16.6. The Morgan fingerprint density at radius 2 is 1.72 bits per heavy atom. The molecule has 1 aliphatic rings. The Balaban J connectivity index is 1.66. The standard InChI is InChI=1S/C24H31FN2O4S/c1-15-12-17(3)21(13-16(15)2)18(4)26-24(28)19-8-10-27(11-9-19)32(29,30)23-14-20(25)6-7-22(23)31-5/h6-7,12-14,18-19H,8-11H2,1-5H3,(H,26,28)/t18-/m0/s1. The van der Waals surface area contributed by atoms with Gasteiger partial charge in [-0.15, -0.1) is 0 Å². The Morgan fingerprint density at radius 1 is 1.09 bits per heavy atom. The van der Waals surface area contributed by atoms with Gasteiger partial charge in [0.05, 0.1) is 13.2 Å². The van der Waals surface area contributed by atoms with E-state index in [4.69, 9.17) is 4.74 Å². The molecule has 0 radical (unpaired) electrons. The second-order valence-electron chi connectivity index (χ2n) is 8.50. The van der Waals surface area contributed by atoms with E-state index in [1.54, 1.807) is 0 Å². The molecule has 3 rings (SSSR count). The molecule has 174 valence electrons. The highest BCUT2D eigenvalue weighted by Crippen LogP contribution is 2.31. The van der Waals surface area contributed by atoms with Gasteiger partial charge in [-0.2, -0.15) is 4.31 Å². The number of hydrogen-bond acceptors (Lipinski definition) is 4. The molecule has 32 heavy (non-hydrogen) atoms. The molecule has 0 unspecified atom stereocenters. The maximum atomic E-state index is 13.7. The molecule has 2 aromatic carbocycles. The van der Waals surface area contributed by atoms with Gasteiger partial charge in [0.1, 0.15) is 16.5 Å². The number of nitrogens with one attached hydrogen (secondary N) is 1. The predicted octanol–water partition coefficient (Wildman–Crippen LogP) is 4.04. The lowest BCUT2D eigenvalue weighted by atomic mass is 9.94. The van der Waals surface area contributed by atoms with Gasteiger partial charge in [-0.1, -0.05) is 12.1 Å². The second kappa shape index (κ2) is 9.58. The number of piperidine rings is 1. The highest BCUT2D eigenvalue weighted by Gasteiger charge is 2.34. The van der Waals surface area contributed by atoms with Gasteiger partial charge in [0.15, 0.2) is 0 Å². The highest BCUT2D eigenvalue weighted by atomic mass is 32.2. The minimum Gasteiger partial charge on any atom is -0.495 e. The zero-order valence-electron chi connectivity index (χ0n) is 19.2. The topological polar surface area (TPSA) is 75.7 Å². The molecular formula is C24H31FN2O4S. The summed E-state index contributed by atoms with van der Waals surface area (Å²) in [5.41, 5.74) is 4.61. The quantitative estimate of drug-likeness (QED) is 0.703. The molecule has 0 aromatic heterocycles. The molecule has 0 bridgehead atoms. The van der Waals surface area contributed by atoms with Crippen molar-refractivity contribution in [3.8, 4) is 5.75 Å². The van der Waals surface area contributed by atoms with Crippen molar-refractivity contribution in [3.63, 3.8) is 0 Å². The highest BCUT2D eigenvalue weighted by molar-refractivity contribution is 7.89. The van der Waals surface area contributed by atoms with E-state index < -0.39 is 15.8 Å². The number of carbonyl (C=O) groups excluding carboxylic acids is 1. The van der Waals surface area contributed by atoms with Crippen LogP contribution in [0.3, 0.4) is 0 Å². The number of nitrogens with zero attached hydrogens (tertiary/aromatic N) is 1. The number of benzene rings is 2. The van der Waals surface area contributed by atoms with Gasteiger partial charge in [0, 0.05) is 19.0 Å². The van der Waals surface area contributed by atoms with Gasteiger partial charge < -0.3 is 10.1 Å². The molecule has 1 heterocycles. The fraction of sp³-hybridized carbons (Fsp3) is 0.458. The summed E-state index contributed by atoms with van der Waals surface area (Å²) in [6.07, 6.45) is 0.808. The van der Waals surface area contributed by atoms with Gasteiger partial charge in [-0.05, 0) is 81.0 Å². The number of carbonyl (C=O) groups is 1. The Morgan fingerprint density at radius 3 is 2.34 bits per heavy atom. The Hall–Kier alpha value is -2.45. The molecule has 2 aromatic rings. The minimum atomic E-state index is -3.92. The van der Waals surface area contributed by atoms with Crippen molar-refractivity contribution < 1.29 is 22.3 Å². The first-order valence-corrected chi connectivity index (χ1v) is 12.2. The van der Waals surface area contributed by atoms with Crippen molar-refractivity contribution in [2.75, 3.05) is 20.2 Å². The second-order valence-corrected chi connectivity index (χ2v) is 10.4. The first kappa shape index (κ1) is 24.2. The monoisotopic (exact) mass is 462 g/mol. The van der Waals surface area contributed by atoms with Crippen molar-refractivity contribution in [1.82, 2.24) is 9.62 Å². The summed E-state index contributed by atoms with van der Waals surface area (Å²) in [6.45, 7) is 8.50. The lowest BCUT2D eigenvalue weighted by Gasteiger charge is -2.31. The fourth-order valence-electron chi connectivity index (χ4n) is 4.21. The molecule has 1 aliphatic heterocycles. The Bertz CT molecular complexity index is 1110. The molecule has 0 saturated carbocycles. The zero-order chi connectivity index (χ0) is 23.6. The minimum absolute atomic E-state index is 0.0736. The van der Waals surface area contributed by atoms with Crippen molar-refractivity contribution in [2.45, 2.75) is 51.5 Å². The first-order chi connectivity index (χ1) is 15.0. The number of aryl methyl sites for hydroxylation is 3. The molecule has 6 nitrogen and oxygen atoms in total. The molecule has 1 fully saturated rings. The van der Waals surface area contributed by atoms with Gasteiger partial charge in [0.25, 0.3) is 0 Å². The summed E-state index contributed by atoms with van der Waals surface area (Å²) in [5, 5.41) is 3.09. The van der Waals surface area contributed by atoms with E-state index in [0.29, 0.717) is 12.8 Å². The van der Waals surface area contributed by atoms with Crippen molar-refractivity contribution in [2.24, 2.45) is 5.92 Å². The van der Waals surface area contributed by atoms with E-state index in [2.05, 4.69) is 31.3 Å². The van der Waals surface area contributed by atoms with E-state index in [0.717, 1.165) is 23.3 Å². The molecule has 8 heteroatoms. The van der Waals surface area contributed by atoms with Crippen LogP contribution in [0.15, 0.2) is 35.2 Å². The van der Waals surface area contributed by atoms with Crippen molar-refractivity contribution >= 4 is 15.9 Å². The molecular weight excluding hydrogens is 431 g/mol. The van der Waals surface area contributed by atoms with Crippen LogP contribution in [0.5, 0.6) is 5.75 Å². The van der Waals surface area contributed by atoms with E-state index in [-0.39, 0.29) is 41.6 Å². The summed E-state index contributed by atoms with van der Waals surface area (Å²) in [5.74, 6) is -0.890. The van der Waals surface area contributed by atoms with Crippen molar-refractivity contribution in [3.05, 3.63) is 58.4 Å². The number of halogens is 1. The summed E-state index contributed by atoms with van der Waals surface area (Å²) in [4.78, 5) is 12.7. The number of methoxy groups -OCH3 is 1. The average Bonchev–Trinajstić information content (AvgIpc) is 2.76. The average molecular weight is 463 g/mol. The van der Waals surface area contributed by atoms with E-state index in [1.165, 1.54) is 28.6 Å². The van der Waals surface area contributed by atoms with Crippen LogP contribution < -0.4 is 10.1 Å². The van der Waals surface area contributed by atoms with Gasteiger partial charge in [0.2, 0.25) is 15.9 Å². The van der Waals surface area contributed by atoms with E-state index in [9.17, 15) is 17.6 Å². The van der Waals surface area contributed by atoms with Crippen LogP contribution in [0.4, 0.5) is 4.39 Å². The lowest BCUT2D eigenvalue weighted by molar-refractivity contribution is -0.126. The third-order valence-electron chi connectivity index (χ3n) is 6.28. The van der Waals surface area contributed by atoms with Crippen LogP contribution in [0, 0.1) is 32.5 Å². The summed E-state index contributed by atoms with van der Waals surface area (Å²) in [7, 11) is -2.57. The van der Waals surface area contributed by atoms with Crippen LogP contribution in [0.25, 0.3) is 0 Å². The third-order valence-corrected chi connectivity index (χ3v) is 8.20. The largest absolute Gasteiger partial charge is 0.495 e. The third kappa shape index (κ3) is 4.96. The SMILES string of the molecule is COc1ccc(F)cc1S(=O)(=O)N1CCC(C(=O)N[C@@H](C)c2cc(C)c(C)cc2C)CC1. The number of amides is 1. The molecule has 1 N–H and O–H groups in total. The van der Waals surface area contributed by atoms with Crippen LogP contribution >= 0.6 is 0 Å². The van der Waals surface area contributed by atoms with Crippen LogP contribution in [-0.4, -0.2) is 38.8 Å². The lowest BCUT2D eigenvalue weighted by Crippen LogP contribution is -2.43. The first-order valence-electron chi connectivity index (χ1n) is 10.8. The summed E-state index contributed by atoms with van der Waals surface area (Å²) >= 11 is 0. The number of sulfonamides is 1. The number of rotatable bonds is 6. The van der Waals surface area contributed by atoms with Gasteiger partial charge in [-0.3, -0.25) is 4.79 Å². The van der Waals surface area contributed by atoms with Crippen molar-refractivity contribution in [1.29, 1.82) is 0 Å². The summed E-state index contributed by atoms with van der Waals surface area (Å²) < 4.78 is 46.2. The molecule has 1 amide bonds. The number of ether oxygens (including phenoxy) is 1. The Labute approximate surface area is 189 Å². The van der Waals surface area contributed by atoms with Crippen LogP contribution in [0.1, 0.15) is 48.1 Å².